The minimum absolute atomic E-state index is 0.0523. The van der Waals surface area contributed by atoms with Crippen LogP contribution in [0.1, 0.15) is 31.4 Å². The number of alkyl halides is 1. The highest BCUT2D eigenvalue weighted by molar-refractivity contribution is 7.90. The van der Waals surface area contributed by atoms with Gasteiger partial charge in [0.05, 0.1) is 24.4 Å². The Balaban J connectivity index is 1.31. The van der Waals surface area contributed by atoms with Crippen molar-refractivity contribution in [1.29, 1.82) is 0 Å². The lowest BCUT2D eigenvalue weighted by molar-refractivity contribution is -0.133. The Labute approximate surface area is 257 Å². The topological polar surface area (TPSA) is 121 Å². The minimum atomic E-state index is -3.08. The van der Waals surface area contributed by atoms with Crippen LogP contribution in [0.25, 0.3) is 10.8 Å². The number of amides is 1. The Morgan fingerprint density at radius 3 is 2.64 bits per heavy atom. The summed E-state index contributed by atoms with van der Waals surface area (Å²) in [5.41, 5.74) is 1.99. The molecule has 0 spiro atoms. The quantitative estimate of drug-likeness (QED) is 0.354. The van der Waals surface area contributed by atoms with Crippen LogP contribution in [0.5, 0.6) is 0 Å². The lowest BCUT2D eigenvalue weighted by atomic mass is 9.87. The maximum absolute atomic E-state index is 14.5. The molecule has 0 saturated carbocycles. The van der Waals surface area contributed by atoms with Gasteiger partial charge in [-0.2, -0.15) is 4.98 Å². The molecule has 2 aromatic heterocycles. The van der Waals surface area contributed by atoms with Crippen LogP contribution in [0.2, 0.25) is 0 Å². The van der Waals surface area contributed by atoms with E-state index in [4.69, 9.17) is 9.72 Å². The van der Waals surface area contributed by atoms with Gasteiger partial charge in [-0.3, -0.25) is 4.79 Å². The van der Waals surface area contributed by atoms with Gasteiger partial charge in [0, 0.05) is 68.4 Å². The Kier molecular flexibility index (Phi) is 8.18. The smallest absolute Gasteiger partial charge is 0.246 e. The molecule has 5 atom stereocenters. The third-order valence-electron chi connectivity index (χ3n) is 9.15. The fourth-order valence-corrected chi connectivity index (χ4v) is 7.73. The molecule has 0 unspecified atom stereocenters. The first-order chi connectivity index (χ1) is 21.1. The SMILES string of the molecule is C=CC(=O)N1CC[C@@H]1c1ccc(N2C[C@H](CS(C)(=O)=O)[C@H]2C)c2cnc(Nc3ccnc(N4CC[C@H](OC)[C@H](F)C4)n3)cc12. The number of hydrogen-bond acceptors (Lipinski definition) is 10. The number of nitrogens with one attached hydrogen (secondary N) is 1. The van der Waals surface area contributed by atoms with Crippen molar-refractivity contribution < 1.29 is 22.3 Å². The lowest BCUT2D eigenvalue weighted by Gasteiger charge is -2.48. The second kappa shape index (κ2) is 11.9. The molecule has 0 bridgehead atoms. The first kappa shape index (κ1) is 30.2. The molecule has 44 heavy (non-hydrogen) atoms. The van der Waals surface area contributed by atoms with Crippen molar-refractivity contribution in [2.24, 2.45) is 5.92 Å². The number of benzene rings is 1. The number of carbonyl (C=O) groups excluding carboxylic acids is 1. The van der Waals surface area contributed by atoms with Crippen LogP contribution in [0.15, 0.2) is 49.3 Å². The van der Waals surface area contributed by atoms with E-state index in [2.05, 4.69) is 45.8 Å². The second-order valence-corrected chi connectivity index (χ2v) is 14.2. The maximum Gasteiger partial charge on any atom is 0.246 e. The first-order valence-electron chi connectivity index (χ1n) is 14.9. The molecule has 5 heterocycles. The molecule has 3 aliphatic heterocycles. The van der Waals surface area contributed by atoms with Crippen LogP contribution in [-0.2, 0) is 19.4 Å². The monoisotopic (exact) mass is 623 g/mol. The standard InChI is InChI=1S/C31H38FN7O4S/c1-5-30(40)38-13-9-26(38)21-6-7-25(39-16-20(19(39)2)18-44(4,41)42)23-15-34-29(14-22(21)23)35-28-8-11-33-31(36-28)37-12-10-27(43-3)24(32)17-37/h5-8,11,14-15,19-20,24,26-27H,1,9-10,12-13,16-18H2,2-4H3,(H,33,34,35,36)/t19-,20-,24-,26-,27+/m1/s1. The zero-order valence-electron chi connectivity index (χ0n) is 25.2. The van der Waals surface area contributed by atoms with Gasteiger partial charge in [-0.25, -0.2) is 22.8 Å². The van der Waals surface area contributed by atoms with E-state index in [-0.39, 0.29) is 36.2 Å². The highest BCUT2D eigenvalue weighted by Gasteiger charge is 2.39. The van der Waals surface area contributed by atoms with Crippen molar-refractivity contribution in [3.63, 3.8) is 0 Å². The van der Waals surface area contributed by atoms with Crippen molar-refractivity contribution in [1.82, 2.24) is 19.9 Å². The highest BCUT2D eigenvalue weighted by Crippen LogP contribution is 2.43. The number of piperidine rings is 1. The van der Waals surface area contributed by atoms with Crippen molar-refractivity contribution >= 4 is 49.8 Å². The second-order valence-electron chi connectivity index (χ2n) is 12.0. The van der Waals surface area contributed by atoms with Crippen molar-refractivity contribution in [2.75, 3.05) is 60.4 Å². The number of hydrogen-bond donors (Lipinski definition) is 1. The average molecular weight is 624 g/mol. The predicted octanol–water partition coefficient (Wildman–Crippen LogP) is 3.66. The van der Waals surface area contributed by atoms with Gasteiger partial charge in [0.25, 0.3) is 0 Å². The summed E-state index contributed by atoms with van der Waals surface area (Å²) in [5.74, 6) is 1.63. The molecule has 3 aliphatic rings. The molecule has 1 aromatic carbocycles. The molecular weight excluding hydrogens is 585 g/mol. The number of pyridine rings is 1. The van der Waals surface area contributed by atoms with E-state index in [1.165, 1.54) is 19.4 Å². The van der Waals surface area contributed by atoms with E-state index in [0.717, 1.165) is 28.4 Å². The van der Waals surface area contributed by atoms with Gasteiger partial charge in [-0.05, 0) is 55.0 Å². The normalized spacial score (nSPS) is 25.4. The third-order valence-corrected chi connectivity index (χ3v) is 10.2. The Morgan fingerprint density at radius 2 is 1.98 bits per heavy atom. The number of ether oxygens (including phenoxy) is 1. The molecule has 0 aliphatic carbocycles. The molecule has 0 radical (unpaired) electrons. The minimum Gasteiger partial charge on any atom is -0.378 e. The number of aromatic nitrogens is 3. The van der Waals surface area contributed by atoms with E-state index in [1.807, 2.05) is 22.1 Å². The number of anilines is 4. The van der Waals surface area contributed by atoms with Gasteiger partial charge in [-0.1, -0.05) is 12.6 Å². The van der Waals surface area contributed by atoms with Crippen LogP contribution in [-0.4, -0.2) is 97.8 Å². The largest absolute Gasteiger partial charge is 0.378 e. The number of sulfone groups is 1. The van der Waals surface area contributed by atoms with Crippen LogP contribution in [0.4, 0.5) is 27.7 Å². The summed E-state index contributed by atoms with van der Waals surface area (Å²) in [7, 11) is -1.55. The van der Waals surface area contributed by atoms with Gasteiger partial charge >= 0.3 is 0 Å². The molecular formula is C31H38FN7O4S. The van der Waals surface area contributed by atoms with Crippen molar-refractivity contribution in [3.05, 3.63) is 54.9 Å². The number of carbonyl (C=O) groups is 1. The average Bonchev–Trinajstić information content (AvgIpc) is 2.98. The Hall–Kier alpha value is -3.84. The number of rotatable bonds is 9. The molecule has 13 heteroatoms. The Morgan fingerprint density at radius 1 is 1.16 bits per heavy atom. The van der Waals surface area contributed by atoms with Crippen LogP contribution < -0.4 is 15.1 Å². The van der Waals surface area contributed by atoms with Crippen molar-refractivity contribution in [2.45, 2.75) is 44.1 Å². The number of fused-ring (bicyclic) bond motifs is 1. The molecule has 3 saturated heterocycles. The number of likely N-dealkylation sites (tertiary alicyclic amines) is 1. The zero-order chi connectivity index (χ0) is 31.2. The number of halogens is 1. The van der Waals surface area contributed by atoms with E-state index in [0.29, 0.717) is 43.6 Å². The summed E-state index contributed by atoms with van der Waals surface area (Å²) >= 11 is 0. The number of nitrogens with zero attached hydrogens (tertiary/aromatic N) is 6. The Bertz CT molecular complexity index is 1690. The maximum atomic E-state index is 14.5. The van der Waals surface area contributed by atoms with Gasteiger partial charge in [0.2, 0.25) is 11.9 Å². The molecule has 3 aromatic rings. The van der Waals surface area contributed by atoms with Crippen LogP contribution >= 0.6 is 0 Å². The summed E-state index contributed by atoms with van der Waals surface area (Å²) in [6, 6.07) is 7.78. The first-order valence-corrected chi connectivity index (χ1v) is 16.9. The van der Waals surface area contributed by atoms with Gasteiger partial charge < -0.3 is 24.8 Å². The van der Waals surface area contributed by atoms with E-state index >= 15 is 0 Å². The van der Waals surface area contributed by atoms with Gasteiger partial charge in [0.1, 0.15) is 27.6 Å². The number of methoxy groups -OCH3 is 1. The van der Waals surface area contributed by atoms with Crippen molar-refractivity contribution in [3.8, 4) is 0 Å². The summed E-state index contributed by atoms with van der Waals surface area (Å²) in [4.78, 5) is 32.1. The fraction of sp³-hybridized carbons (Fsp3) is 0.484. The van der Waals surface area contributed by atoms with E-state index in [9.17, 15) is 17.6 Å². The van der Waals surface area contributed by atoms with Crippen LogP contribution in [0.3, 0.4) is 0 Å². The summed E-state index contributed by atoms with van der Waals surface area (Å²) < 4.78 is 43.7. The van der Waals surface area contributed by atoms with E-state index < -0.39 is 22.1 Å². The fourth-order valence-electron chi connectivity index (χ4n) is 6.57. The molecule has 3 fully saturated rings. The van der Waals surface area contributed by atoms with Gasteiger partial charge in [0.15, 0.2) is 0 Å². The molecule has 6 rings (SSSR count). The lowest BCUT2D eigenvalue weighted by Crippen LogP contribution is -2.57. The third kappa shape index (κ3) is 5.82. The van der Waals surface area contributed by atoms with Crippen LogP contribution in [0, 0.1) is 5.92 Å². The highest BCUT2D eigenvalue weighted by atomic mass is 32.2. The molecule has 1 N–H and O–H groups in total. The summed E-state index contributed by atoms with van der Waals surface area (Å²) in [6.45, 7) is 7.76. The zero-order valence-corrected chi connectivity index (χ0v) is 26.0. The summed E-state index contributed by atoms with van der Waals surface area (Å²) in [5, 5.41) is 5.16. The molecule has 234 valence electrons. The van der Waals surface area contributed by atoms with Gasteiger partial charge in [-0.15, -0.1) is 0 Å². The van der Waals surface area contributed by atoms with E-state index in [1.54, 1.807) is 12.3 Å². The molecule has 1 amide bonds. The predicted molar refractivity (Wildman–Crippen MR) is 169 cm³/mol. The molecule has 11 nitrogen and oxygen atoms in total. The summed E-state index contributed by atoms with van der Waals surface area (Å²) in [6.07, 6.45) is 5.91.